The van der Waals surface area contributed by atoms with Gasteiger partial charge >= 0.3 is 0 Å². The third-order valence-electron chi connectivity index (χ3n) is 3.93. The lowest BCUT2D eigenvalue weighted by Crippen LogP contribution is -2.19. The normalized spacial score (nSPS) is 19.0. The highest BCUT2D eigenvalue weighted by Crippen LogP contribution is 2.26. The quantitative estimate of drug-likeness (QED) is 0.548. The SMILES string of the molecule is C=C/C=C(/NC(=C)/C=C\C(C)C(C)(C)C)[C@@H]1C=CC=CC1.CC. The number of rotatable bonds is 6. The molecule has 0 amide bonds. The van der Waals surface area contributed by atoms with Gasteiger partial charge in [0.15, 0.2) is 0 Å². The molecule has 0 heterocycles. The molecule has 1 rings (SSSR count). The van der Waals surface area contributed by atoms with Gasteiger partial charge in [0.25, 0.3) is 0 Å². The van der Waals surface area contributed by atoms with Crippen LogP contribution in [0.4, 0.5) is 0 Å². The first kappa shape index (κ1) is 21.2. The van der Waals surface area contributed by atoms with Gasteiger partial charge in [-0.15, -0.1) is 0 Å². The molecule has 0 aromatic rings. The van der Waals surface area contributed by atoms with Crippen LogP contribution in [0.15, 0.2) is 73.2 Å². The van der Waals surface area contributed by atoms with E-state index < -0.39 is 0 Å². The van der Waals surface area contributed by atoms with E-state index >= 15 is 0 Å². The predicted octanol–water partition coefficient (Wildman–Crippen LogP) is 6.56. The molecule has 1 N–H and O–H groups in total. The lowest BCUT2D eigenvalue weighted by Gasteiger charge is -2.24. The van der Waals surface area contributed by atoms with E-state index in [1.807, 2.05) is 26.0 Å². The Morgan fingerprint density at radius 2 is 1.91 bits per heavy atom. The van der Waals surface area contributed by atoms with Gasteiger partial charge in [0.1, 0.15) is 0 Å². The van der Waals surface area contributed by atoms with Crippen LogP contribution >= 0.6 is 0 Å². The van der Waals surface area contributed by atoms with E-state index in [9.17, 15) is 0 Å². The molecule has 0 aromatic heterocycles. The summed E-state index contributed by atoms with van der Waals surface area (Å²) in [5.41, 5.74) is 2.33. The molecule has 0 saturated heterocycles. The van der Waals surface area contributed by atoms with Crippen molar-refractivity contribution in [2.45, 2.75) is 48.0 Å². The highest BCUT2D eigenvalue weighted by atomic mass is 14.9. The molecule has 0 aromatic carbocycles. The van der Waals surface area contributed by atoms with Gasteiger partial charge in [0.05, 0.1) is 0 Å². The second-order valence-corrected chi connectivity index (χ2v) is 6.68. The Labute approximate surface area is 144 Å². The maximum atomic E-state index is 4.11. The minimum atomic E-state index is 0.271. The van der Waals surface area contributed by atoms with Crippen LogP contribution in [0.1, 0.15) is 48.0 Å². The summed E-state index contributed by atoms with van der Waals surface area (Å²) in [6, 6.07) is 0. The van der Waals surface area contributed by atoms with Crippen molar-refractivity contribution < 1.29 is 0 Å². The van der Waals surface area contributed by atoms with Gasteiger partial charge in [-0.2, -0.15) is 0 Å². The van der Waals surface area contributed by atoms with E-state index in [0.29, 0.717) is 11.8 Å². The summed E-state index contributed by atoms with van der Waals surface area (Å²) in [5, 5.41) is 3.42. The molecule has 0 saturated carbocycles. The Morgan fingerprint density at radius 3 is 2.39 bits per heavy atom. The molecular formula is C22H35N. The van der Waals surface area contributed by atoms with E-state index in [-0.39, 0.29) is 5.41 Å². The Bertz CT molecular complexity index is 481. The molecule has 1 aliphatic rings. The lowest BCUT2D eigenvalue weighted by atomic mass is 9.82. The summed E-state index contributed by atoms with van der Waals surface area (Å²) >= 11 is 0. The van der Waals surface area contributed by atoms with E-state index in [2.05, 4.69) is 82.6 Å². The molecule has 0 radical (unpaired) electrons. The average molecular weight is 314 g/mol. The van der Waals surface area contributed by atoms with Crippen LogP contribution in [-0.2, 0) is 0 Å². The summed E-state index contributed by atoms with van der Waals surface area (Å²) in [6.07, 6.45) is 17.7. The Morgan fingerprint density at radius 1 is 1.26 bits per heavy atom. The molecule has 1 unspecified atom stereocenters. The van der Waals surface area contributed by atoms with Crippen molar-refractivity contribution in [1.29, 1.82) is 0 Å². The monoisotopic (exact) mass is 313 g/mol. The van der Waals surface area contributed by atoms with Crippen molar-refractivity contribution in [2.24, 2.45) is 17.3 Å². The molecule has 1 heteroatoms. The fourth-order valence-electron chi connectivity index (χ4n) is 1.97. The zero-order valence-electron chi connectivity index (χ0n) is 15.9. The number of nitrogens with one attached hydrogen (secondary N) is 1. The van der Waals surface area contributed by atoms with Gasteiger partial charge in [-0.3, -0.25) is 0 Å². The van der Waals surface area contributed by atoms with Gasteiger partial charge < -0.3 is 5.32 Å². The lowest BCUT2D eigenvalue weighted by molar-refractivity contribution is 0.314. The molecule has 0 bridgehead atoms. The van der Waals surface area contributed by atoms with Crippen molar-refractivity contribution in [1.82, 2.24) is 5.32 Å². The van der Waals surface area contributed by atoms with E-state index in [1.54, 1.807) is 0 Å². The molecule has 2 atom stereocenters. The topological polar surface area (TPSA) is 12.0 Å². The van der Waals surface area contributed by atoms with Crippen molar-refractivity contribution in [3.63, 3.8) is 0 Å². The minimum Gasteiger partial charge on any atom is -0.359 e. The Hall–Kier alpha value is -1.76. The smallest absolute Gasteiger partial charge is 0.0305 e. The average Bonchev–Trinajstić information content (AvgIpc) is 2.54. The van der Waals surface area contributed by atoms with Gasteiger partial charge in [-0.1, -0.05) is 91.2 Å². The summed E-state index contributed by atoms with van der Waals surface area (Å²) < 4.78 is 0. The van der Waals surface area contributed by atoms with E-state index in [0.717, 1.165) is 17.8 Å². The second kappa shape index (κ2) is 10.9. The Balaban J connectivity index is 0.00000232. The zero-order chi connectivity index (χ0) is 17.9. The van der Waals surface area contributed by atoms with Crippen molar-refractivity contribution in [2.75, 3.05) is 0 Å². The molecule has 0 fully saturated rings. The highest BCUT2D eigenvalue weighted by molar-refractivity contribution is 5.28. The second-order valence-electron chi connectivity index (χ2n) is 6.68. The molecule has 1 nitrogen and oxygen atoms in total. The first-order chi connectivity index (χ1) is 10.8. The molecule has 1 aliphatic carbocycles. The van der Waals surface area contributed by atoms with Crippen LogP contribution in [0, 0.1) is 17.3 Å². The minimum absolute atomic E-state index is 0.271. The number of hydrogen-bond donors (Lipinski definition) is 1. The third-order valence-corrected chi connectivity index (χ3v) is 3.93. The summed E-state index contributed by atoms with van der Waals surface area (Å²) in [7, 11) is 0. The van der Waals surface area contributed by atoms with Crippen molar-refractivity contribution in [3.8, 4) is 0 Å². The Kier molecular flexibility index (Phi) is 10.0. The largest absolute Gasteiger partial charge is 0.359 e. The van der Waals surface area contributed by atoms with Gasteiger partial charge in [0.2, 0.25) is 0 Å². The van der Waals surface area contributed by atoms with Crippen molar-refractivity contribution >= 4 is 0 Å². The molecule has 0 spiro atoms. The molecule has 0 aliphatic heterocycles. The van der Waals surface area contributed by atoms with Crippen molar-refractivity contribution in [3.05, 3.63) is 73.2 Å². The van der Waals surface area contributed by atoms with Gasteiger partial charge in [-0.05, 0) is 29.9 Å². The standard InChI is InChI=1S/C20H29N.C2H6/c1-7-11-19(18-12-9-8-10-13-18)21-17(3)15-14-16(2)20(4,5)6;1-2/h7-12,14-16,18,21H,1,3,13H2,2,4-6H3;1-2H3/b15-14-,19-11+;/t16?,18-;/m1./s1. The zero-order valence-corrected chi connectivity index (χ0v) is 15.9. The maximum Gasteiger partial charge on any atom is 0.0305 e. The summed E-state index contributed by atoms with van der Waals surface area (Å²) in [6.45, 7) is 20.9. The van der Waals surface area contributed by atoms with Crippen LogP contribution in [-0.4, -0.2) is 0 Å². The maximum absolute atomic E-state index is 4.11. The van der Waals surface area contributed by atoms with Crippen LogP contribution in [0.2, 0.25) is 0 Å². The van der Waals surface area contributed by atoms with E-state index in [4.69, 9.17) is 0 Å². The van der Waals surface area contributed by atoms with E-state index in [1.165, 1.54) is 0 Å². The summed E-state index contributed by atoms with van der Waals surface area (Å²) in [4.78, 5) is 0. The number of allylic oxidation sites excluding steroid dienone is 8. The molecule has 128 valence electrons. The van der Waals surface area contributed by atoms with Crippen LogP contribution in [0.25, 0.3) is 0 Å². The molecular weight excluding hydrogens is 278 g/mol. The van der Waals surface area contributed by atoms with Crippen LogP contribution in [0.5, 0.6) is 0 Å². The first-order valence-electron chi connectivity index (χ1n) is 8.64. The van der Waals surface area contributed by atoms with Gasteiger partial charge in [-0.25, -0.2) is 0 Å². The fraction of sp³-hybridized carbons (Fsp3) is 0.455. The van der Waals surface area contributed by atoms with Crippen LogP contribution in [0.3, 0.4) is 0 Å². The molecule has 23 heavy (non-hydrogen) atoms. The first-order valence-corrected chi connectivity index (χ1v) is 8.64. The summed E-state index contributed by atoms with van der Waals surface area (Å²) in [5.74, 6) is 0.874. The van der Waals surface area contributed by atoms with Gasteiger partial charge in [0, 0.05) is 17.3 Å². The number of hydrogen-bond acceptors (Lipinski definition) is 1. The predicted molar refractivity (Wildman–Crippen MR) is 106 cm³/mol. The third kappa shape index (κ3) is 8.44. The highest BCUT2D eigenvalue weighted by Gasteiger charge is 2.17. The fourth-order valence-corrected chi connectivity index (χ4v) is 1.97. The van der Waals surface area contributed by atoms with Crippen LogP contribution < -0.4 is 5.32 Å².